The van der Waals surface area contributed by atoms with Gasteiger partial charge < -0.3 is 14.7 Å². The summed E-state index contributed by atoms with van der Waals surface area (Å²) in [5, 5.41) is 9.73. The number of nitrogens with zero attached hydrogens (tertiary/aromatic N) is 1. The van der Waals surface area contributed by atoms with Crippen molar-refractivity contribution >= 4 is 0 Å². The molecule has 2 unspecified atom stereocenters. The van der Waals surface area contributed by atoms with Crippen LogP contribution in [0.2, 0.25) is 0 Å². The van der Waals surface area contributed by atoms with Crippen LogP contribution in [0.25, 0.3) is 0 Å². The van der Waals surface area contributed by atoms with Gasteiger partial charge in [0.05, 0.1) is 18.3 Å². The lowest BCUT2D eigenvalue weighted by molar-refractivity contribution is -0.0134. The highest BCUT2D eigenvalue weighted by molar-refractivity contribution is 4.78. The Bertz CT molecular complexity index is 201. The normalized spacial score (nSPS) is 26.6. The lowest BCUT2D eigenvalue weighted by Crippen LogP contribution is -2.33. The maximum atomic E-state index is 9.73. The van der Waals surface area contributed by atoms with E-state index in [-0.39, 0.29) is 11.7 Å². The van der Waals surface area contributed by atoms with Gasteiger partial charge in [-0.15, -0.1) is 0 Å². The minimum Gasteiger partial charge on any atom is -0.393 e. The van der Waals surface area contributed by atoms with Gasteiger partial charge in [-0.25, -0.2) is 0 Å². The fraction of sp³-hybridized carbons (Fsp3) is 1.00. The van der Waals surface area contributed by atoms with Crippen LogP contribution in [0.5, 0.6) is 0 Å². The molecule has 0 radical (unpaired) electrons. The summed E-state index contributed by atoms with van der Waals surface area (Å²) in [6.45, 7) is 8.94. The van der Waals surface area contributed by atoms with Crippen molar-refractivity contribution in [3.8, 4) is 0 Å². The minimum absolute atomic E-state index is 0.0479. The van der Waals surface area contributed by atoms with Crippen LogP contribution in [0.1, 0.15) is 40.0 Å². The van der Waals surface area contributed by atoms with E-state index in [0.717, 1.165) is 26.1 Å². The molecule has 0 saturated heterocycles. The van der Waals surface area contributed by atoms with Gasteiger partial charge in [0.1, 0.15) is 0 Å². The van der Waals surface area contributed by atoms with Crippen LogP contribution in [0.4, 0.5) is 0 Å². The van der Waals surface area contributed by atoms with E-state index in [1.807, 2.05) is 0 Å². The fourth-order valence-electron chi connectivity index (χ4n) is 2.23. The van der Waals surface area contributed by atoms with Crippen molar-refractivity contribution in [2.24, 2.45) is 5.92 Å². The third kappa shape index (κ3) is 5.28. The van der Waals surface area contributed by atoms with E-state index in [4.69, 9.17) is 4.74 Å². The van der Waals surface area contributed by atoms with Crippen molar-refractivity contribution in [1.82, 2.24) is 4.90 Å². The topological polar surface area (TPSA) is 32.7 Å². The zero-order valence-corrected chi connectivity index (χ0v) is 11.2. The number of aliphatic hydroxyl groups is 1. The average molecular weight is 229 g/mol. The third-order valence-electron chi connectivity index (χ3n) is 3.17. The van der Waals surface area contributed by atoms with Crippen LogP contribution in [0.15, 0.2) is 0 Å². The van der Waals surface area contributed by atoms with Crippen LogP contribution in [-0.2, 0) is 4.74 Å². The molecule has 1 fully saturated rings. The number of ether oxygens (including phenoxy) is 1. The zero-order chi connectivity index (χ0) is 12.2. The van der Waals surface area contributed by atoms with Gasteiger partial charge in [0.2, 0.25) is 0 Å². The molecule has 0 aromatic carbocycles. The number of likely N-dealkylation sites (N-methyl/N-ethyl adjacent to an activating group) is 1. The molecular formula is C13H27NO2. The van der Waals surface area contributed by atoms with Gasteiger partial charge in [0, 0.05) is 13.1 Å². The van der Waals surface area contributed by atoms with Gasteiger partial charge in [-0.3, -0.25) is 0 Å². The summed E-state index contributed by atoms with van der Waals surface area (Å²) >= 11 is 0. The maximum Gasteiger partial charge on any atom is 0.0600 e. The van der Waals surface area contributed by atoms with Gasteiger partial charge in [-0.05, 0) is 46.6 Å². The Labute approximate surface area is 99.8 Å². The Kier molecular flexibility index (Phi) is 5.22. The van der Waals surface area contributed by atoms with E-state index in [1.54, 1.807) is 0 Å². The molecule has 0 aromatic rings. The largest absolute Gasteiger partial charge is 0.393 e. The summed E-state index contributed by atoms with van der Waals surface area (Å²) in [4.78, 5) is 2.27. The first kappa shape index (κ1) is 13.9. The quantitative estimate of drug-likeness (QED) is 0.781. The summed E-state index contributed by atoms with van der Waals surface area (Å²) in [5.41, 5.74) is -0.0479. The Morgan fingerprint density at radius 3 is 2.50 bits per heavy atom. The Balaban J connectivity index is 2.13. The highest BCUT2D eigenvalue weighted by Gasteiger charge is 2.26. The third-order valence-corrected chi connectivity index (χ3v) is 3.17. The summed E-state index contributed by atoms with van der Waals surface area (Å²) < 4.78 is 5.69. The summed E-state index contributed by atoms with van der Waals surface area (Å²) in [6, 6.07) is 0. The molecule has 3 nitrogen and oxygen atoms in total. The molecule has 0 bridgehead atoms. The zero-order valence-electron chi connectivity index (χ0n) is 11.2. The molecule has 1 saturated carbocycles. The Morgan fingerprint density at radius 2 is 2.00 bits per heavy atom. The Hall–Kier alpha value is -0.120. The van der Waals surface area contributed by atoms with Crippen LogP contribution in [-0.4, -0.2) is 48.5 Å². The summed E-state index contributed by atoms with van der Waals surface area (Å²) in [6.07, 6.45) is 3.26. The lowest BCUT2D eigenvalue weighted by atomic mass is 10.1. The minimum atomic E-state index is -0.0778. The molecule has 0 spiro atoms. The van der Waals surface area contributed by atoms with Crippen molar-refractivity contribution in [3.05, 3.63) is 0 Å². The fourth-order valence-corrected chi connectivity index (χ4v) is 2.23. The molecule has 0 amide bonds. The molecule has 1 aliphatic rings. The number of hydrogen-bond acceptors (Lipinski definition) is 3. The van der Waals surface area contributed by atoms with Gasteiger partial charge in [-0.1, -0.05) is 6.42 Å². The molecule has 3 heteroatoms. The molecule has 0 aliphatic heterocycles. The lowest BCUT2D eigenvalue weighted by Gasteiger charge is -2.25. The van der Waals surface area contributed by atoms with Crippen LogP contribution >= 0.6 is 0 Å². The monoisotopic (exact) mass is 229 g/mol. The van der Waals surface area contributed by atoms with E-state index >= 15 is 0 Å². The summed E-state index contributed by atoms with van der Waals surface area (Å²) in [5.74, 6) is 0.472. The van der Waals surface area contributed by atoms with Crippen molar-refractivity contribution in [3.63, 3.8) is 0 Å². The maximum absolute atomic E-state index is 9.73. The van der Waals surface area contributed by atoms with Crippen molar-refractivity contribution in [2.75, 3.05) is 26.7 Å². The molecule has 1 rings (SSSR count). The molecule has 1 N–H and O–H groups in total. The van der Waals surface area contributed by atoms with Gasteiger partial charge in [-0.2, -0.15) is 0 Å². The average Bonchev–Trinajstić information content (AvgIpc) is 2.49. The summed E-state index contributed by atoms with van der Waals surface area (Å²) in [7, 11) is 2.11. The molecule has 2 atom stereocenters. The van der Waals surface area contributed by atoms with Crippen LogP contribution in [0, 0.1) is 5.92 Å². The smallest absolute Gasteiger partial charge is 0.0600 e. The number of aliphatic hydroxyl groups excluding tert-OH is 1. The van der Waals surface area contributed by atoms with E-state index in [0.29, 0.717) is 5.92 Å². The highest BCUT2D eigenvalue weighted by Crippen LogP contribution is 2.25. The van der Waals surface area contributed by atoms with E-state index in [1.165, 1.54) is 12.8 Å². The second-order valence-electron chi connectivity index (χ2n) is 5.98. The predicted octanol–water partition coefficient (Wildman–Crippen LogP) is 1.89. The molecule has 16 heavy (non-hydrogen) atoms. The van der Waals surface area contributed by atoms with Crippen molar-refractivity contribution in [1.29, 1.82) is 0 Å². The van der Waals surface area contributed by atoms with E-state index in [9.17, 15) is 5.11 Å². The first-order valence-electron chi connectivity index (χ1n) is 6.39. The van der Waals surface area contributed by atoms with E-state index in [2.05, 4.69) is 32.7 Å². The highest BCUT2D eigenvalue weighted by atomic mass is 16.5. The molecule has 0 heterocycles. The van der Waals surface area contributed by atoms with Crippen molar-refractivity contribution in [2.45, 2.75) is 51.7 Å². The van der Waals surface area contributed by atoms with Crippen LogP contribution in [0.3, 0.4) is 0 Å². The predicted molar refractivity (Wildman–Crippen MR) is 66.5 cm³/mol. The molecule has 0 aromatic heterocycles. The SMILES string of the molecule is CN(CCOC(C)(C)C)CC1CCCC1O. The van der Waals surface area contributed by atoms with Crippen molar-refractivity contribution < 1.29 is 9.84 Å². The number of hydrogen-bond donors (Lipinski definition) is 1. The van der Waals surface area contributed by atoms with Gasteiger partial charge in [0.25, 0.3) is 0 Å². The first-order chi connectivity index (χ1) is 7.38. The van der Waals surface area contributed by atoms with Gasteiger partial charge in [0.15, 0.2) is 0 Å². The molecule has 96 valence electrons. The second-order valence-corrected chi connectivity index (χ2v) is 5.98. The van der Waals surface area contributed by atoms with E-state index < -0.39 is 0 Å². The second kappa shape index (κ2) is 5.99. The number of rotatable bonds is 5. The van der Waals surface area contributed by atoms with Gasteiger partial charge >= 0.3 is 0 Å². The standard InChI is InChI=1S/C13H27NO2/c1-13(2,3)16-9-8-14(4)10-11-6-5-7-12(11)15/h11-12,15H,5-10H2,1-4H3. The molecule has 1 aliphatic carbocycles. The van der Waals surface area contributed by atoms with Crippen LogP contribution < -0.4 is 0 Å². The Morgan fingerprint density at radius 1 is 1.31 bits per heavy atom. The molecular weight excluding hydrogens is 202 g/mol. The first-order valence-corrected chi connectivity index (χ1v) is 6.39.